The lowest BCUT2D eigenvalue weighted by atomic mass is 10.1. The Balaban J connectivity index is 1.67. The molecule has 0 saturated heterocycles. The summed E-state index contributed by atoms with van der Waals surface area (Å²) in [6.07, 6.45) is 4.99. The Morgan fingerprint density at radius 1 is 1.31 bits per heavy atom. The molecule has 3 nitrogen and oxygen atoms in total. The van der Waals surface area contributed by atoms with Gasteiger partial charge in [0.25, 0.3) is 0 Å². The van der Waals surface area contributed by atoms with Crippen LogP contribution in [0.2, 0.25) is 0 Å². The number of benzene rings is 1. The second kappa shape index (κ2) is 3.67. The monoisotopic (exact) mass is 213 g/mol. The summed E-state index contributed by atoms with van der Waals surface area (Å²) in [6.45, 7) is 0. The first-order chi connectivity index (χ1) is 7.84. The second-order valence-corrected chi connectivity index (χ2v) is 4.37. The van der Waals surface area contributed by atoms with Gasteiger partial charge in [0.15, 0.2) is 0 Å². The normalized spacial score (nSPS) is 23.1. The highest BCUT2D eigenvalue weighted by Crippen LogP contribution is 2.42. The van der Waals surface area contributed by atoms with Gasteiger partial charge in [-0.05, 0) is 12.0 Å². The molecule has 1 aliphatic carbocycles. The van der Waals surface area contributed by atoms with Crippen molar-refractivity contribution in [3.8, 4) is 0 Å². The van der Waals surface area contributed by atoms with Crippen LogP contribution < -0.4 is 5.32 Å². The molecular weight excluding hydrogens is 198 g/mol. The Hall–Kier alpha value is -1.77. The zero-order valence-corrected chi connectivity index (χ0v) is 9.30. The molecule has 1 aromatic carbocycles. The molecule has 16 heavy (non-hydrogen) atoms. The maximum absolute atomic E-state index is 4.28. The van der Waals surface area contributed by atoms with Gasteiger partial charge in [0, 0.05) is 31.4 Å². The number of hydrogen-bond acceptors (Lipinski definition) is 2. The number of nitrogens with zero attached hydrogens (tertiary/aromatic N) is 2. The van der Waals surface area contributed by atoms with E-state index in [2.05, 4.69) is 40.6 Å². The topological polar surface area (TPSA) is 29.9 Å². The van der Waals surface area contributed by atoms with E-state index >= 15 is 0 Å². The maximum Gasteiger partial charge on any atom is 0.202 e. The molecule has 1 N–H and O–H groups in total. The van der Waals surface area contributed by atoms with Gasteiger partial charge in [-0.25, -0.2) is 4.98 Å². The van der Waals surface area contributed by atoms with Crippen molar-refractivity contribution in [3.05, 3.63) is 48.3 Å². The molecule has 0 radical (unpaired) electrons. The van der Waals surface area contributed by atoms with Gasteiger partial charge >= 0.3 is 0 Å². The first-order valence-electron chi connectivity index (χ1n) is 5.63. The Bertz CT molecular complexity index is 475. The Morgan fingerprint density at radius 3 is 2.81 bits per heavy atom. The molecule has 2 aromatic rings. The molecule has 0 aliphatic heterocycles. The molecule has 1 saturated carbocycles. The standard InChI is InChI=1S/C13H15N3/c1-16-8-7-14-13(16)15-12-9-11(12)10-5-3-2-4-6-10/h2-8,11-12H,9H2,1H3,(H,14,15). The Morgan fingerprint density at radius 2 is 2.12 bits per heavy atom. The number of aryl methyl sites for hydroxylation is 1. The van der Waals surface area contributed by atoms with Gasteiger partial charge in [0.2, 0.25) is 5.95 Å². The second-order valence-electron chi connectivity index (χ2n) is 4.37. The highest BCUT2D eigenvalue weighted by Gasteiger charge is 2.38. The van der Waals surface area contributed by atoms with Crippen molar-refractivity contribution >= 4 is 5.95 Å². The van der Waals surface area contributed by atoms with E-state index in [1.165, 1.54) is 12.0 Å². The fourth-order valence-corrected chi connectivity index (χ4v) is 2.09. The molecule has 82 valence electrons. The first kappa shape index (κ1) is 9.46. The lowest BCUT2D eigenvalue weighted by Gasteiger charge is -2.05. The fourth-order valence-electron chi connectivity index (χ4n) is 2.09. The van der Waals surface area contributed by atoms with E-state index in [1.807, 2.05) is 24.0 Å². The quantitative estimate of drug-likeness (QED) is 0.848. The number of imidazole rings is 1. The van der Waals surface area contributed by atoms with Crippen molar-refractivity contribution in [2.75, 3.05) is 5.32 Å². The molecule has 1 aliphatic rings. The summed E-state index contributed by atoms with van der Waals surface area (Å²) in [6, 6.07) is 11.2. The number of aromatic nitrogens is 2. The zero-order valence-electron chi connectivity index (χ0n) is 9.30. The van der Waals surface area contributed by atoms with Crippen molar-refractivity contribution in [2.24, 2.45) is 7.05 Å². The summed E-state index contributed by atoms with van der Waals surface area (Å²) in [5.41, 5.74) is 1.43. The highest BCUT2D eigenvalue weighted by atomic mass is 15.2. The van der Waals surface area contributed by atoms with E-state index < -0.39 is 0 Å². The van der Waals surface area contributed by atoms with E-state index in [-0.39, 0.29) is 0 Å². The third-order valence-corrected chi connectivity index (χ3v) is 3.15. The van der Waals surface area contributed by atoms with Gasteiger partial charge in [-0.2, -0.15) is 0 Å². The zero-order chi connectivity index (χ0) is 11.0. The summed E-state index contributed by atoms with van der Waals surface area (Å²) in [5.74, 6) is 1.61. The average molecular weight is 213 g/mol. The molecule has 2 atom stereocenters. The van der Waals surface area contributed by atoms with Crippen LogP contribution in [0.1, 0.15) is 17.9 Å². The molecule has 3 rings (SSSR count). The number of nitrogens with one attached hydrogen (secondary N) is 1. The predicted molar refractivity (Wildman–Crippen MR) is 64.4 cm³/mol. The van der Waals surface area contributed by atoms with E-state index in [0.29, 0.717) is 12.0 Å². The highest BCUT2D eigenvalue weighted by molar-refractivity contribution is 5.37. The van der Waals surface area contributed by atoms with Crippen LogP contribution in [0.25, 0.3) is 0 Å². The molecule has 1 heterocycles. The lowest BCUT2D eigenvalue weighted by molar-refractivity contribution is 0.891. The molecule has 2 unspecified atom stereocenters. The minimum Gasteiger partial charge on any atom is -0.352 e. The van der Waals surface area contributed by atoms with Gasteiger partial charge in [0.05, 0.1) is 0 Å². The van der Waals surface area contributed by atoms with Crippen molar-refractivity contribution in [3.63, 3.8) is 0 Å². The molecule has 0 amide bonds. The third-order valence-electron chi connectivity index (χ3n) is 3.15. The SMILES string of the molecule is Cn1ccnc1NC1CC1c1ccccc1. The van der Waals surface area contributed by atoms with Crippen LogP contribution in [-0.2, 0) is 7.05 Å². The van der Waals surface area contributed by atoms with E-state index in [0.717, 1.165) is 5.95 Å². The van der Waals surface area contributed by atoms with E-state index in [9.17, 15) is 0 Å². The van der Waals surface area contributed by atoms with Gasteiger partial charge in [0.1, 0.15) is 0 Å². The van der Waals surface area contributed by atoms with Gasteiger partial charge in [-0.15, -0.1) is 0 Å². The molecule has 1 aromatic heterocycles. The van der Waals surface area contributed by atoms with Crippen LogP contribution >= 0.6 is 0 Å². The number of anilines is 1. The summed E-state index contributed by atoms with van der Waals surface area (Å²) in [7, 11) is 2.01. The summed E-state index contributed by atoms with van der Waals surface area (Å²) < 4.78 is 2.01. The van der Waals surface area contributed by atoms with Gasteiger partial charge in [-0.3, -0.25) is 0 Å². The molecule has 1 fully saturated rings. The molecule has 0 bridgehead atoms. The van der Waals surface area contributed by atoms with Crippen LogP contribution in [0.5, 0.6) is 0 Å². The lowest BCUT2D eigenvalue weighted by Crippen LogP contribution is -2.08. The Kier molecular flexibility index (Phi) is 2.17. The number of rotatable bonds is 3. The third kappa shape index (κ3) is 1.69. The molecular formula is C13H15N3. The predicted octanol–water partition coefficient (Wildman–Crippen LogP) is 2.39. The van der Waals surface area contributed by atoms with Crippen molar-refractivity contribution in [1.82, 2.24) is 9.55 Å². The van der Waals surface area contributed by atoms with Crippen LogP contribution in [0.3, 0.4) is 0 Å². The largest absolute Gasteiger partial charge is 0.352 e. The summed E-state index contributed by atoms with van der Waals surface area (Å²) in [5, 5.41) is 3.46. The van der Waals surface area contributed by atoms with Gasteiger partial charge < -0.3 is 9.88 Å². The van der Waals surface area contributed by atoms with E-state index in [1.54, 1.807) is 0 Å². The minimum atomic E-state index is 0.545. The van der Waals surface area contributed by atoms with Crippen molar-refractivity contribution in [1.29, 1.82) is 0 Å². The minimum absolute atomic E-state index is 0.545. The smallest absolute Gasteiger partial charge is 0.202 e. The van der Waals surface area contributed by atoms with Crippen LogP contribution in [0.4, 0.5) is 5.95 Å². The van der Waals surface area contributed by atoms with Crippen LogP contribution in [0.15, 0.2) is 42.7 Å². The van der Waals surface area contributed by atoms with Gasteiger partial charge in [-0.1, -0.05) is 30.3 Å². The Labute approximate surface area is 95.1 Å². The van der Waals surface area contributed by atoms with Crippen molar-refractivity contribution < 1.29 is 0 Å². The number of hydrogen-bond donors (Lipinski definition) is 1. The van der Waals surface area contributed by atoms with Crippen molar-refractivity contribution in [2.45, 2.75) is 18.4 Å². The van der Waals surface area contributed by atoms with Crippen LogP contribution in [0, 0.1) is 0 Å². The maximum atomic E-state index is 4.28. The van der Waals surface area contributed by atoms with E-state index in [4.69, 9.17) is 0 Å². The molecule has 3 heteroatoms. The summed E-state index contributed by atoms with van der Waals surface area (Å²) >= 11 is 0. The fraction of sp³-hybridized carbons (Fsp3) is 0.308. The summed E-state index contributed by atoms with van der Waals surface area (Å²) in [4.78, 5) is 4.28. The molecule has 0 spiro atoms. The first-order valence-corrected chi connectivity index (χ1v) is 5.63. The van der Waals surface area contributed by atoms with Crippen LogP contribution in [-0.4, -0.2) is 15.6 Å². The average Bonchev–Trinajstić information content (AvgIpc) is 2.97.